The number of amides is 1. The summed E-state index contributed by atoms with van der Waals surface area (Å²) in [6.45, 7) is 4.93. The van der Waals surface area contributed by atoms with Gasteiger partial charge < -0.3 is 15.7 Å². The molecule has 0 aliphatic heterocycles. The second-order valence-corrected chi connectivity index (χ2v) is 4.41. The van der Waals surface area contributed by atoms with Crippen LogP contribution in [-0.2, 0) is 0 Å². The molecule has 0 fully saturated rings. The van der Waals surface area contributed by atoms with Crippen LogP contribution in [0.2, 0.25) is 0 Å². The molecule has 100 valence electrons. The lowest BCUT2D eigenvalue weighted by atomic mass is 10.1. The van der Waals surface area contributed by atoms with Crippen LogP contribution < -0.4 is 5.73 Å². The van der Waals surface area contributed by atoms with Crippen LogP contribution in [-0.4, -0.2) is 35.6 Å². The summed E-state index contributed by atoms with van der Waals surface area (Å²) in [6.07, 6.45) is 1.94. The minimum Gasteiger partial charge on any atom is -0.398 e. The van der Waals surface area contributed by atoms with Crippen molar-refractivity contribution in [2.45, 2.75) is 26.7 Å². The molecule has 0 heterocycles. The number of benzene rings is 1. The second-order valence-electron chi connectivity index (χ2n) is 4.41. The summed E-state index contributed by atoms with van der Waals surface area (Å²) < 4.78 is 0. The molecule has 0 saturated heterocycles. The third-order valence-corrected chi connectivity index (χ3v) is 2.96. The van der Waals surface area contributed by atoms with Gasteiger partial charge in [0.05, 0.1) is 12.2 Å². The molecule has 0 radical (unpaired) electrons. The first-order valence-corrected chi connectivity index (χ1v) is 6.37. The number of aryl methyl sites for hydroxylation is 1. The fourth-order valence-electron chi connectivity index (χ4n) is 1.93. The molecule has 0 unspecified atom stereocenters. The summed E-state index contributed by atoms with van der Waals surface area (Å²) in [5, 5.41) is 9.05. The second kappa shape index (κ2) is 7.01. The van der Waals surface area contributed by atoms with Gasteiger partial charge in [-0.25, -0.2) is 0 Å². The van der Waals surface area contributed by atoms with E-state index in [0.717, 1.165) is 18.4 Å². The lowest BCUT2D eigenvalue weighted by Gasteiger charge is -2.23. The largest absolute Gasteiger partial charge is 0.398 e. The Labute approximate surface area is 108 Å². The molecule has 0 aliphatic rings. The van der Waals surface area contributed by atoms with E-state index in [0.29, 0.717) is 24.3 Å². The number of anilines is 1. The van der Waals surface area contributed by atoms with Gasteiger partial charge in [-0.15, -0.1) is 0 Å². The Kier molecular flexibility index (Phi) is 5.65. The summed E-state index contributed by atoms with van der Waals surface area (Å²) >= 11 is 0. The third kappa shape index (κ3) is 3.47. The molecule has 1 aromatic carbocycles. The van der Waals surface area contributed by atoms with Gasteiger partial charge in [0.2, 0.25) is 0 Å². The number of carbonyl (C=O) groups excluding carboxylic acids is 1. The van der Waals surface area contributed by atoms with Crippen LogP contribution >= 0.6 is 0 Å². The Balaban J connectivity index is 2.94. The van der Waals surface area contributed by atoms with Gasteiger partial charge in [0.15, 0.2) is 0 Å². The molecule has 0 saturated carbocycles. The number of nitrogens with zero attached hydrogens (tertiary/aromatic N) is 1. The van der Waals surface area contributed by atoms with Crippen LogP contribution in [0, 0.1) is 6.92 Å². The number of rotatable bonds is 6. The Morgan fingerprint density at radius 1 is 1.39 bits per heavy atom. The molecule has 1 amide bonds. The van der Waals surface area contributed by atoms with Gasteiger partial charge in [0.25, 0.3) is 5.91 Å². The molecule has 0 atom stereocenters. The van der Waals surface area contributed by atoms with Crippen LogP contribution in [0.15, 0.2) is 18.2 Å². The van der Waals surface area contributed by atoms with E-state index in [1.807, 2.05) is 19.1 Å². The predicted molar refractivity (Wildman–Crippen MR) is 73.5 cm³/mol. The summed E-state index contributed by atoms with van der Waals surface area (Å²) in [6, 6.07) is 5.45. The first-order valence-electron chi connectivity index (χ1n) is 6.37. The maximum absolute atomic E-state index is 12.4. The van der Waals surface area contributed by atoms with Crippen molar-refractivity contribution in [3.05, 3.63) is 29.3 Å². The van der Waals surface area contributed by atoms with E-state index in [9.17, 15) is 4.79 Å². The molecular formula is C14H22N2O2. The predicted octanol–water partition coefficient (Wildman–Crippen LogP) is 1.81. The van der Waals surface area contributed by atoms with Gasteiger partial charge in [0, 0.05) is 18.8 Å². The van der Waals surface area contributed by atoms with E-state index in [1.165, 1.54) is 0 Å². The SMILES string of the molecule is CCCCN(CCO)C(=O)c1c(C)cccc1N. The highest BCUT2D eigenvalue weighted by atomic mass is 16.3. The number of nitrogen functional groups attached to an aromatic ring is 1. The van der Waals surface area contributed by atoms with Crippen LogP contribution in [0.4, 0.5) is 5.69 Å². The minimum atomic E-state index is -0.0897. The van der Waals surface area contributed by atoms with Gasteiger partial charge >= 0.3 is 0 Å². The molecule has 1 aromatic rings. The third-order valence-electron chi connectivity index (χ3n) is 2.96. The molecule has 0 aromatic heterocycles. The molecular weight excluding hydrogens is 228 g/mol. The zero-order valence-corrected chi connectivity index (χ0v) is 11.1. The first-order chi connectivity index (χ1) is 8.61. The van der Waals surface area contributed by atoms with Crippen LogP contribution in [0.3, 0.4) is 0 Å². The van der Waals surface area contributed by atoms with E-state index in [4.69, 9.17) is 10.8 Å². The van der Waals surface area contributed by atoms with Gasteiger partial charge in [-0.2, -0.15) is 0 Å². The topological polar surface area (TPSA) is 66.6 Å². The maximum atomic E-state index is 12.4. The highest BCUT2D eigenvalue weighted by Gasteiger charge is 2.18. The van der Waals surface area contributed by atoms with Gasteiger partial charge in [-0.1, -0.05) is 25.5 Å². The zero-order valence-electron chi connectivity index (χ0n) is 11.1. The lowest BCUT2D eigenvalue weighted by Crippen LogP contribution is -2.35. The van der Waals surface area contributed by atoms with E-state index < -0.39 is 0 Å². The molecule has 1 rings (SSSR count). The molecule has 18 heavy (non-hydrogen) atoms. The minimum absolute atomic E-state index is 0.0265. The summed E-state index contributed by atoms with van der Waals surface area (Å²) in [5.41, 5.74) is 7.81. The Bertz CT molecular complexity index is 385. The summed E-state index contributed by atoms with van der Waals surface area (Å²) in [4.78, 5) is 14.1. The van der Waals surface area contributed by atoms with Crippen molar-refractivity contribution in [3.8, 4) is 0 Å². The van der Waals surface area contributed by atoms with E-state index in [2.05, 4.69) is 6.92 Å². The summed E-state index contributed by atoms with van der Waals surface area (Å²) in [5.74, 6) is -0.0897. The number of carbonyl (C=O) groups is 1. The molecule has 0 bridgehead atoms. The fourth-order valence-corrected chi connectivity index (χ4v) is 1.93. The highest BCUT2D eigenvalue weighted by molar-refractivity contribution is 6.00. The van der Waals surface area contributed by atoms with Gasteiger partial charge in [-0.05, 0) is 25.0 Å². The lowest BCUT2D eigenvalue weighted by molar-refractivity contribution is 0.0719. The van der Waals surface area contributed by atoms with Crippen molar-refractivity contribution < 1.29 is 9.90 Å². The monoisotopic (exact) mass is 250 g/mol. The Hall–Kier alpha value is -1.55. The van der Waals surface area contributed by atoms with Crippen LogP contribution in [0.5, 0.6) is 0 Å². The zero-order chi connectivity index (χ0) is 13.5. The molecule has 4 nitrogen and oxygen atoms in total. The Morgan fingerprint density at radius 3 is 2.67 bits per heavy atom. The van der Waals surface area contributed by atoms with E-state index in [1.54, 1.807) is 11.0 Å². The van der Waals surface area contributed by atoms with Gasteiger partial charge in [-0.3, -0.25) is 4.79 Å². The summed E-state index contributed by atoms with van der Waals surface area (Å²) in [7, 11) is 0. The number of aliphatic hydroxyl groups excluding tert-OH is 1. The Morgan fingerprint density at radius 2 is 2.11 bits per heavy atom. The van der Waals surface area contributed by atoms with Crippen molar-refractivity contribution >= 4 is 11.6 Å². The van der Waals surface area contributed by atoms with Crippen molar-refractivity contribution in [2.24, 2.45) is 0 Å². The fraction of sp³-hybridized carbons (Fsp3) is 0.500. The quantitative estimate of drug-likeness (QED) is 0.757. The normalized spacial score (nSPS) is 10.4. The van der Waals surface area contributed by atoms with Crippen LogP contribution in [0.1, 0.15) is 35.7 Å². The maximum Gasteiger partial charge on any atom is 0.256 e. The van der Waals surface area contributed by atoms with E-state index >= 15 is 0 Å². The van der Waals surface area contributed by atoms with Crippen molar-refractivity contribution in [2.75, 3.05) is 25.4 Å². The molecule has 0 aliphatic carbocycles. The average Bonchev–Trinajstić information content (AvgIpc) is 2.34. The van der Waals surface area contributed by atoms with Crippen molar-refractivity contribution in [1.82, 2.24) is 4.90 Å². The first kappa shape index (κ1) is 14.5. The van der Waals surface area contributed by atoms with Crippen LogP contribution in [0.25, 0.3) is 0 Å². The number of unbranched alkanes of at least 4 members (excludes halogenated alkanes) is 1. The number of hydrogen-bond donors (Lipinski definition) is 2. The van der Waals surface area contributed by atoms with Gasteiger partial charge in [0.1, 0.15) is 0 Å². The van der Waals surface area contributed by atoms with Crippen molar-refractivity contribution in [1.29, 1.82) is 0 Å². The number of nitrogens with two attached hydrogens (primary N) is 1. The number of hydrogen-bond acceptors (Lipinski definition) is 3. The van der Waals surface area contributed by atoms with E-state index in [-0.39, 0.29) is 12.5 Å². The smallest absolute Gasteiger partial charge is 0.256 e. The molecule has 0 spiro atoms. The number of aliphatic hydroxyl groups is 1. The molecule has 4 heteroatoms. The molecule has 3 N–H and O–H groups in total. The standard InChI is InChI=1S/C14H22N2O2/c1-3-4-8-16(9-10-17)14(18)13-11(2)6-5-7-12(13)15/h5-7,17H,3-4,8-10,15H2,1-2H3. The highest BCUT2D eigenvalue weighted by Crippen LogP contribution is 2.18. The average molecular weight is 250 g/mol. The van der Waals surface area contributed by atoms with Crippen molar-refractivity contribution in [3.63, 3.8) is 0 Å².